The van der Waals surface area contributed by atoms with Gasteiger partial charge in [0, 0.05) is 31.4 Å². The molecule has 6 heteroatoms. The Morgan fingerprint density at radius 1 is 1.33 bits per heavy atom. The summed E-state index contributed by atoms with van der Waals surface area (Å²) in [5.41, 5.74) is 6.77. The standard InChI is InChI=1S/C18H27N3O3/c1-3-13(2)21-16(22)15-6-4-5-14(11-15)12-20-17(23)18(19)7-9-24-10-8-18/h4-6,11,13H,3,7-10,12,19H2,1-2H3,(H,20,23)(H,21,22). The van der Waals surface area contributed by atoms with Gasteiger partial charge in [-0.05, 0) is 43.9 Å². The number of rotatable bonds is 6. The number of nitrogens with two attached hydrogens (primary N) is 1. The van der Waals surface area contributed by atoms with E-state index in [1.807, 2.05) is 26.0 Å². The largest absolute Gasteiger partial charge is 0.381 e. The topological polar surface area (TPSA) is 93.5 Å². The molecule has 6 nitrogen and oxygen atoms in total. The molecule has 24 heavy (non-hydrogen) atoms. The van der Waals surface area contributed by atoms with Gasteiger partial charge in [-0.15, -0.1) is 0 Å². The Hall–Kier alpha value is -1.92. The van der Waals surface area contributed by atoms with Crippen LogP contribution >= 0.6 is 0 Å². The van der Waals surface area contributed by atoms with Gasteiger partial charge in [-0.2, -0.15) is 0 Å². The zero-order valence-electron chi connectivity index (χ0n) is 14.4. The van der Waals surface area contributed by atoms with Crippen molar-refractivity contribution >= 4 is 11.8 Å². The second-order valence-corrected chi connectivity index (χ2v) is 6.43. The van der Waals surface area contributed by atoms with Crippen LogP contribution in [0.25, 0.3) is 0 Å². The van der Waals surface area contributed by atoms with E-state index in [0.717, 1.165) is 12.0 Å². The van der Waals surface area contributed by atoms with Crippen LogP contribution in [-0.4, -0.2) is 36.6 Å². The van der Waals surface area contributed by atoms with Crippen molar-refractivity contribution in [3.8, 4) is 0 Å². The zero-order chi connectivity index (χ0) is 17.6. The first-order valence-electron chi connectivity index (χ1n) is 8.49. The summed E-state index contributed by atoms with van der Waals surface area (Å²) < 4.78 is 5.26. The van der Waals surface area contributed by atoms with Crippen LogP contribution in [-0.2, 0) is 16.1 Å². The quantitative estimate of drug-likeness (QED) is 0.732. The highest BCUT2D eigenvalue weighted by molar-refractivity contribution is 5.94. The summed E-state index contributed by atoms with van der Waals surface area (Å²) in [6.45, 7) is 5.36. The fourth-order valence-corrected chi connectivity index (χ4v) is 2.55. The van der Waals surface area contributed by atoms with E-state index in [2.05, 4.69) is 10.6 Å². The minimum atomic E-state index is -0.857. The molecule has 0 aliphatic carbocycles. The highest BCUT2D eigenvalue weighted by atomic mass is 16.5. The lowest BCUT2D eigenvalue weighted by atomic mass is 9.90. The van der Waals surface area contributed by atoms with Crippen molar-refractivity contribution in [1.82, 2.24) is 10.6 Å². The number of ether oxygens (including phenoxy) is 1. The molecule has 1 atom stereocenters. The average molecular weight is 333 g/mol. The Kier molecular flexibility index (Phi) is 6.34. The zero-order valence-corrected chi connectivity index (χ0v) is 14.4. The molecule has 0 radical (unpaired) electrons. The number of carbonyl (C=O) groups excluding carboxylic acids is 2. The third-order valence-electron chi connectivity index (χ3n) is 4.47. The Bertz CT molecular complexity index is 583. The van der Waals surface area contributed by atoms with Crippen molar-refractivity contribution in [2.24, 2.45) is 5.73 Å². The maximum atomic E-state index is 12.3. The van der Waals surface area contributed by atoms with E-state index in [1.165, 1.54) is 0 Å². The van der Waals surface area contributed by atoms with Gasteiger partial charge in [-0.25, -0.2) is 0 Å². The van der Waals surface area contributed by atoms with Crippen molar-refractivity contribution < 1.29 is 14.3 Å². The molecule has 0 aromatic heterocycles. The van der Waals surface area contributed by atoms with E-state index >= 15 is 0 Å². The predicted molar refractivity (Wildman–Crippen MR) is 92.5 cm³/mol. The molecule has 132 valence electrons. The SMILES string of the molecule is CCC(C)NC(=O)c1cccc(CNC(=O)C2(N)CCOCC2)c1. The molecule has 1 aliphatic rings. The van der Waals surface area contributed by atoms with Crippen LogP contribution in [0.5, 0.6) is 0 Å². The molecule has 2 amide bonds. The first-order valence-corrected chi connectivity index (χ1v) is 8.49. The summed E-state index contributed by atoms with van der Waals surface area (Å²) in [6, 6.07) is 7.40. The smallest absolute Gasteiger partial charge is 0.251 e. The summed E-state index contributed by atoms with van der Waals surface area (Å²) in [5.74, 6) is -0.266. The number of nitrogens with one attached hydrogen (secondary N) is 2. The summed E-state index contributed by atoms with van der Waals surface area (Å²) >= 11 is 0. The van der Waals surface area contributed by atoms with Gasteiger partial charge in [-0.1, -0.05) is 19.1 Å². The van der Waals surface area contributed by atoms with Gasteiger partial charge in [0.05, 0.1) is 5.54 Å². The molecule has 1 aromatic carbocycles. The Morgan fingerprint density at radius 3 is 2.71 bits per heavy atom. The lowest BCUT2D eigenvalue weighted by Gasteiger charge is -2.31. The summed E-state index contributed by atoms with van der Waals surface area (Å²) in [6.07, 6.45) is 1.93. The van der Waals surface area contributed by atoms with Crippen molar-refractivity contribution in [3.63, 3.8) is 0 Å². The van der Waals surface area contributed by atoms with E-state index in [9.17, 15) is 9.59 Å². The highest BCUT2D eigenvalue weighted by Gasteiger charge is 2.35. The molecule has 1 heterocycles. The van der Waals surface area contributed by atoms with Crippen LogP contribution in [0, 0.1) is 0 Å². The summed E-state index contributed by atoms with van der Waals surface area (Å²) in [7, 11) is 0. The minimum Gasteiger partial charge on any atom is -0.381 e. The third-order valence-corrected chi connectivity index (χ3v) is 4.47. The van der Waals surface area contributed by atoms with Gasteiger partial charge in [0.1, 0.15) is 0 Å². The molecule has 1 unspecified atom stereocenters. The van der Waals surface area contributed by atoms with Crippen LogP contribution in [0.4, 0.5) is 0 Å². The Balaban J connectivity index is 1.94. The monoisotopic (exact) mass is 333 g/mol. The Labute approximate surface area is 143 Å². The third kappa shape index (κ3) is 4.79. The van der Waals surface area contributed by atoms with E-state index in [-0.39, 0.29) is 17.9 Å². The van der Waals surface area contributed by atoms with Crippen LogP contribution in [0.15, 0.2) is 24.3 Å². The van der Waals surface area contributed by atoms with Crippen molar-refractivity contribution in [1.29, 1.82) is 0 Å². The molecule has 1 saturated heterocycles. The lowest BCUT2D eigenvalue weighted by molar-refractivity contribution is -0.129. The average Bonchev–Trinajstić information content (AvgIpc) is 2.60. The van der Waals surface area contributed by atoms with Gasteiger partial charge in [-0.3, -0.25) is 9.59 Å². The molecule has 0 bridgehead atoms. The fraction of sp³-hybridized carbons (Fsp3) is 0.556. The van der Waals surface area contributed by atoms with Gasteiger partial charge < -0.3 is 21.1 Å². The minimum absolute atomic E-state index is 0.0998. The van der Waals surface area contributed by atoms with Crippen molar-refractivity contribution in [2.75, 3.05) is 13.2 Å². The molecule has 1 aromatic rings. The molecule has 1 fully saturated rings. The van der Waals surface area contributed by atoms with E-state index in [0.29, 0.717) is 38.2 Å². The molecule has 0 spiro atoms. The van der Waals surface area contributed by atoms with Gasteiger partial charge in [0.15, 0.2) is 0 Å². The molecule has 4 N–H and O–H groups in total. The van der Waals surface area contributed by atoms with Crippen molar-refractivity contribution in [2.45, 2.75) is 51.2 Å². The number of benzene rings is 1. The first-order chi connectivity index (χ1) is 11.4. The highest BCUT2D eigenvalue weighted by Crippen LogP contribution is 2.18. The number of carbonyl (C=O) groups is 2. The van der Waals surface area contributed by atoms with Crippen LogP contribution in [0.2, 0.25) is 0 Å². The fourth-order valence-electron chi connectivity index (χ4n) is 2.55. The second kappa shape index (κ2) is 8.26. The van der Waals surface area contributed by atoms with Crippen LogP contribution in [0.3, 0.4) is 0 Å². The first kappa shape index (κ1) is 18.4. The maximum Gasteiger partial charge on any atom is 0.251 e. The maximum absolute atomic E-state index is 12.3. The van der Waals surface area contributed by atoms with Gasteiger partial charge in [0.25, 0.3) is 5.91 Å². The summed E-state index contributed by atoms with van der Waals surface area (Å²) in [5, 5.41) is 5.81. The number of amides is 2. The van der Waals surface area contributed by atoms with Gasteiger partial charge >= 0.3 is 0 Å². The second-order valence-electron chi connectivity index (χ2n) is 6.43. The Morgan fingerprint density at radius 2 is 2.04 bits per heavy atom. The molecule has 1 aliphatic heterocycles. The normalized spacial score (nSPS) is 17.8. The molecular weight excluding hydrogens is 306 g/mol. The summed E-state index contributed by atoms with van der Waals surface area (Å²) in [4.78, 5) is 24.5. The lowest BCUT2D eigenvalue weighted by Crippen LogP contribution is -2.56. The molecule has 0 saturated carbocycles. The van der Waals surface area contributed by atoms with Crippen molar-refractivity contribution in [3.05, 3.63) is 35.4 Å². The van der Waals surface area contributed by atoms with Crippen LogP contribution < -0.4 is 16.4 Å². The van der Waals surface area contributed by atoms with E-state index in [4.69, 9.17) is 10.5 Å². The number of hydrogen-bond donors (Lipinski definition) is 3. The van der Waals surface area contributed by atoms with E-state index in [1.54, 1.807) is 12.1 Å². The predicted octanol–water partition coefficient (Wildman–Crippen LogP) is 1.34. The molecular formula is C18H27N3O3. The number of hydrogen-bond acceptors (Lipinski definition) is 4. The van der Waals surface area contributed by atoms with E-state index < -0.39 is 5.54 Å². The van der Waals surface area contributed by atoms with Crippen LogP contribution in [0.1, 0.15) is 49.0 Å². The van der Waals surface area contributed by atoms with Gasteiger partial charge in [0.2, 0.25) is 5.91 Å². The molecule has 2 rings (SSSR count).